The van der Waals surface area contributed by atoms with E-state index in [9.17, 15) is 13.6 Å². The average Bonchev–Trinajstić information content (AvgIpc) is 3.10. The molecule has 1 N–H and O–H groups in total. The van der Waals surface area contributed by atoms with Crippen LogP contribution in [0.3, 0.4) is 0 Å². The molecular formula is C20H18F2N2O3S. The Kier molecular flexibility index (Phi) is 6.54. The van der Waals surface area contributed by atoms with Crippen molar-refractivity contribution in [2.75, 3.05) is 0 Å². The smallest absolute Gasteiger partial charge is 0.387 e. The standard InChI is InChI=1S/C20H18F2N2O3S/c1-13-24-16(12-28-13)11-26-18-4-2-3-15(9-18)19(25)23-10-14-5-7-17(8-6-14)27-20(21)22/h2-9,12,20H,10-11H2,1H3,(H,23,25). The van der Waals surface area contributed by atoms with Gasteiger partial charge in [0.15, 0.2) is 0 Å². The first-order valence-electron chi connectivity index (χ1n) is 8.45. The highest BCUT2D eigenvalue weighted by atomic mass is 32.1. The first-order chi connectivity index (χ1) is 13.5. The Morgan fingerprint density at radius 2 is 1.96 bits per heavy atom. The number of thiazole rings is 1. The summed E-state index contributed by atoms with van der Waals surface area (Å²) in [4.78, 5) is 16.7. The molecule has 1 aromatic heterocycles. The second-order valence-electron chi connectivity index (χ2n) is 5.88. The molecule has 1 amide bonds. The number of amides is 1. The van der Waals surface area contributed by atoms with Gasteiger partial charge in [-0.15, -0.1) is 11.3 Å². The van der Waals surface area contributed by atoms with Crippen molar-refractivity contribution in [2.24, 2.45) is 0 Å². The second kappa shape index (κ2) is 9.27. The molecule has 0 bridgehead atoms. The van der Waals surface area contributed by atoms with Gasteiger partial charge in [-0.1, -0.05) is 18.2 Å². The lowest BCUT2D eigenvalue weighted by Gasteiger charge is -2.09. The Morgan fingerprint density at radius 3 is 2.64 bits per heavy atom. The summed E-state index contributed by atoms with van der Waals surface area (Å²) >= 11 is 1.56. The van der Waals surface area contributed by atoms with Crippen LogP contribution in [0.4, 0.5) is 8.78 Å². The fourth-order valence-electron chi connectivity index (χ4n) is 2.43. The summed E-state index contributed by atoms with van der Waals surface area (Å²) in [5.41, 5.74) is 2.07. The van der Waals surface area contributed by atoms with Gasteiger partial charge in [0.1, 0.15) is 18.1 Å². The number of rotatable bonds is 8. The number of nitrogens with zero attached hydrogens (tertiary/aromatic N) is 1. The lowest BCUT2D eigenvalue weighted by Crippen LogP contribution is -2.22. The van der Waals surface area contributed by atoms with Crippen molar-refractivity contribution in [3.8, 4) is 11.5 Å². The van der Waals surface area contributed by atoms with Crippen molar-refractivity contribution >= 4 is 17.2 Å². The van der Waals surface area contributed by atoms with E-state index in [4.69, 9.17) is 4.74 Å². The molecular weight excluding hydrogens is 386 g/mol. The predicted molar refractivity (Wildman–Crippen MR) is 102 cm³/mol. The highest BCUT2D eigenvalue weighted by molar-refractivity contribution is 7.09. The summed E-state index contributed by atoms with van der Waals surface area (Å²) in [6, 6.07) is 13.0. The van der Waals surface area contributed by atoms with Crippen LogP contribution >= 0.6 is 11.3 Å². The lowest BCUT2D eigenvalue weighted by molar-refractivity contribution is -0.0498. The van der Waals surface area contributed by atoms with Gasteiger partial charge in [0.2, 0.25) is 0 Å². The van der Waals surface area contributed by atoms with Crippen molar-refractivity contribution in [1.82, 2.24) is 10.3 Å². The number of hydrogen-bond donors (Lipinski definition) is 1. The first-order valence-corrected chi connectivity index (χ1v) is 9.33. The largest absolute Gasteiger partial charge is 0.487 e. The molecule has 0 radical (unpaired) electrons. The minimum atomic E-state index is -2.86. The third-order valence-electron chi connectivity index (χ3n) is 3.75. The summed E-state index contributed by atoms with van der Waals surface area (Å²) in [5, 5.41) is 5.69. The van der Waals surface area contributed by atoms with Crippen LogP contribution in [0.5, 0.6) is 11.5 Å². The molecule has 146 valence electrons. The van der Waals surface area contributed by atoms with E-state index >= 15 is 0 Å². The zero-order chi connectivity index (χ0) is 19.9. The van der Waals surface area contributed by atoms with Gasteiger partial charge in [0.05, 0.1) is 10.7 Å². The molecule has 0 unspecified atom stereocenters. The maximum atomic E-state index is 12.4. The number of benzene rings is 2. The molecule has 8 heteroatoms. The Balaban J connectivity index is 1.54. The highest BCUT2D eigenvalue weighted by Crippen LogP contribution is 2.17. The Bertz CT molecular complexity index is 929. The van der Waals surface area contributed by atoms with Crippen molar-refractivity contribution in [3.05, 3.63) is 75.7 Å². The Labute approximate surface area is 164 Å². The van der Waals surface area contributed by atoms with E-state index in [1.54, 1.807) is 47.7 Å². The van der Waals surface area contributed by atoms with Crippen molar-refractivity contribution < 1.29 is 23.0 Å². The van der Waals surface area contributed by atoms with Crippen LogP contribution in [-0.4, -0.2) is 17.5 Å². The number of carbonyl (C=O) groups is 1. The zero-order valence-corrected chi connectivity index (χ0v) is 15.8. The topological polar surface area (TPSA) is 60.5 Å². The van der Waals surface area contributed by atoms with Crippen molar-refractivity contribution in [2.45, 2.75) is 26.7 Å². The molecule has 0 saturated heterocycles. The van der Waals surface area contributed by atoms with Crippen LogP contribution in [0.25, 0.3) is 0 Å². The van der Waals surface area contributed by atoms with E-state index in [2.05, 4.69) is 15.0 Å². The second-order valence-corrected chi connectivity index (χ2v) is 6.94. The van der Waals surface area contributed by atoms with Crippen LogP contribution < -0.4 is 14.8 Å². The summed E-state index contributed by atoms with van der Waals surface area (Å²) < 4.78 is 34.3. The molecule has 2 aromatic carbocycles. The van der Waals surface area contributed by atoms with Crippen molar-refractivity contribution in [3.63, 3.8) is 0 Å². The van der Waals surface area contributed by atoms with Crippen LogP contribution in [-0.2, 0) is 13.2 Å². The zero-order valence-electron chi connectivity index (χ0n) is 15.0. The minimum Gasteiger partial charge on any atom is -0.487 e. The van der Waals surface area contributed by atoms with Gasteiger partial charge >= 0.3 is 6.61 Å². The number of halogens is 2. The number of hydrogen-bond acceptors (Lipinski definition) is 5. The first kappa shape index (κ1) is 19.8. The molecule has 0 aliphatic heterocycles. The summed E-state index contributed by atoms with van der Waals surface area (Å²) in [7, 11) is 0. The minimum absolute atomic E-state index is 0.0743. The summed E-state index contributed by atoms with van der Waals surface area (Å²) in [6.45, 7) is -0.336. The number of carbonyl (C=O) groups excluding carboxylic acids is 1. The van der Waals surface area contributed by atoms with Gasteiger partial charge in [0, 0.05) is 17.5 Å². The molecule has 28 heavy (non-hydrogen) atoms. The van der Waals surface area contributed by atoms with Gasteiger partial charge in [-0.25, -0.2) is 4.98 Å². The molecule has 0 fully saturated rings. The number of alkyl halides is 2. The lowest BCUT2D eigenvalue weighted by atomic mass is 10.2. The average molecular weight is 404 g/mol. The van der Waals surface area contributed by atoms with E-state index in [0.29, 0.717) is 17.9 Å². The molecule has 1 heterocycles. The van der Waals surface area contributed by atoms with E-state index in [1.165, 1.54) is 12.1 Å². The van der Waals surface area contributed by atoms with E-state index < -0.39 is 6.61 Å². The predicted octanol–water partition coefficient (Wildman–Crippen LogP) is 4.56. The quantitative estimate of drug-likeness (QED) is 0.598. The van der Waals surface area contributed by atoms with E-state index in [1.807, 2.05) is 12.3 Å². The fourth-order valence-corrected chi connectivity index (χ4v) is 3.03. The molecule has 5 nitrogen and oxygen atoms in total. The third kappa shape index (κ3) is 5.75. The van der Waals surface area contributed by atoms with Crippen molar-refractivity contribution in [1.29, 1.82) is 0 Å². The number of ether oxygens (including phenoxy) is 2. The summed E-state index contributed by atoms with van der Waals surface area (Å²) in [6.07, 6.45) is 0. The number of aryl methyl sites for hydroxylation is 1. The molecule has 0 aliphatic rings. The number of nitrogens with one attached hydrogen (secondary N) is 1. The molecule has 0 atom stereocenters. The van der Waals surface area contributed by atoms with Crippen LogP contribution in [0.1, 0.15) is 26.6 Å². The van der Waals surface area contributed by atoms with E-state index in [-0.39, 0.29) is 18.2 Å². The highest BCUT2D eigenvalue weighted by Gasteiger charge is 2.08. The van der Waals surface area contributed by atoms with E-state index in [0.717, 1.165) is 16.3 Å². The van der Waals surface area contributed by atoms with Gasteiger partial charge in [-0.05, 0) is 42.8 Å². The number of aromatic nitrogens is 1. The monoisotopic (exact) mass is 404 g/mol. The maximum absolute atomic E-state index is 12.4. The molecule has 0 spiro atoms. The Morgan fingerprint density at radius 1 is 1.18 bits per heavy atom. The van der Waals surface area contributed by atoms with Crippen LogP contribution in [0, 0.1) is 6.92 Å². The summed E-state index contributed by atoms with van der Waals surface area (Å²) in [5.74, 6) is 0.389. The molecule has 3 rings (SSSR count). The van der Waals surface area contributed by atoms with Crippen LogP contribution in [0.2, 0.25) is 0 Å². The fraction of sp³-hybridized carbons (Fsp3) is 0.200. The van der Waals surface area contributed by atoms with Gasteiger partial charge in [-0.3, -0.25) is 4.79 Å². The molecule has 0 saturated carbocycles. The molecule has 0 aliphatic carbocycles. The molecule has 3 aromatic rings. The SMILES string of the molecule is Cc1nc(COc2cccc(C(=O)NCc3ccc(OC(F)F)cc3)c2)cs1. The third-order valence-corrected chi connectivity index (χ3v) is 4.57. The maximum Gasteiger partial charge on any atom is 0.387 e. The van der Waals surface area contributed by atoms with Gasteiger partial charge in [-0.2, -0.15) is 8.78 Å². The van der Waals surface area contributed by atoms with Crippen LogP contribution in [0.15, 0.2) is 53.9 Å². The van der Waals surface area contributed by atoms with Gasteiger partial charge < -0.3 is 14.8 Å². The normalized spacial score (nSPS) is 10.7. The van der Waals surface area contributed by atoms with Gasteiger partial charge in [0.25, 0.3) is 5.91 Å². The Hall–Kier alpha value is -3.00.